The average molecular weight is 300 g/mol. The fourth-order valence-electron chi connectivity index (χ4n) is 2.55. The maximum absolute atomic E-state index is 12.3. The van der Waals surface area contributed by atoms with E-state index in [0.29, 0.717) is 34.0 Å². The second-order valence-corrected chi connectivity index (χ2v) is 6.42. The number of nitrogens with zero attached hydrogens (tertiary/aromatic N) is 1. The molecule has 104 valence electrons. The maximum Gasteiger partial charge on any atom is 0.178 e. The summed E-state index contributed by atoms with van der Waals surface area (Å²) in [6.07, 6.45) is 1.17. The molecule has 0 radical (unpaired) electrons. The van der Waals surface area contributed by atoms with Crippen LogP contribution in [-0.2, 0) is 0 Å². The zero-order valence-electron chi connectivity index (χ0n) is 11.3. The number of likely N-dealkylation sites (tertiary alicyclic amines) is 1. The molecule has 1 unspecified atom stereocenters. The van der Waals surface area contributed by atoms with E-state index >= 15 is 0 Å². The van der Waals surface area contributed by atoms with Crippen molar-refractivity contribution in [2.45, 2.75) is 20.3 Å². The standard InChI is InChI=1S/C15H19Cl2NO/c1-10(2)11-5-6-18(8-11)9-15(19)13-7-12(16)3-4-14(13)17/h3-4,7,10-11H,5-6,8-9H2,1-2H3. The van der Waals surface area contributed by atoms with Crippen molar-refractivity contribution in [2.24, 2.45) is 11.8 Å². The van der Waals surface area contributed by atoms with E-state index in [1.54, 1.807) is 18.2 Å². The van der Waals surface area contributed by atoms with Crippen molar-refractivity contribution in [3.63, 3.8) is 0 Å². The molecular weight excluding hydrogens is 281 g/mol. The highest BCUT2D eigenvalue weighted by molar-refractivity contribution is 6.36. The molecule has 0 bridgehead atoms. The van der Waals surface area contributed by atoms with Crippen molar-refractivity contribution in [1.29, 1.82) is 0 Å². The second-order valence-electron chi connectivity index (χ2n) is 5.58. The summed E-state index contributed by atoms with van der Waals surface area (Å²) < 4.78 is 0. The Bertz CT molecular complexity index is 473. The zero-order chi connectivity index (χ0) is 14.0. The van der Waals surface area contributed by atoms with Crippen LogP contribution in [0.15, 0.2) is 18.2 Å². The van der Waals surface area contributed by atoms with E-state index in [4.69, 9.17) is 23.2 Å². The monoisotopic (exact) mass is 299 g/mol. The molecule has 2 rings (SSSR count). The number of carbonyl (C=O) groups excluding carboxylic acids is 1. The number of ketones is 1. The van der Waals surface area contributed by atoms with E-state index in [-0.39, 0.29) is 5.78 Å². The highest BCUT2D eigenvalue weighted by Gasteiger charge is 2.26. The van der Waals surface area contributed by atoms with Gasteiger partial charge in [-0.25, -0.2) is 0 Å². The van der Waals surface area contributed by atoms with Gasteiger partial charge < -0.3 is 0 Å². The van der Waals surface area contributed by atoms with Crippen LogP contribution in [0.5, 0.6) is 0 Å². The third kappa shape index (κ3) is 3.71. The molecule has 4 heteroatoms. The van der Waals surface area contributed by atoms with Crippen LogP contribution in [0.2, 0.25) is 10.0 Å². The molecule has 0 spiro atoms. The van der Waals surface area contributed by atoms with Gasteiger partial charge in [0.2, 0.25) is 0 Å². The average Bonchev–Trinajstić information content (AvgIpc) is 2.80. The van der Waals surface area contributed by atoms with Crippen LogP contribution in [-0.4, -0.2) is 30.3 Å². The van der Waals surface area contributed by atoms with Crippen molar-refractivity contribution in [2.75, 3.05) is 19.6 Å². The lowest BCUT2D eigenvalue weighted by molar-refractivity contribution is 0.0942. The summed E-state index contributed by atoms with van der Waals surface area (Å²) in [5.74, 6) is 1.43. The Labute approximate surface area is 124 Å². The van der Waals surface area contributed by atoms with Gasteiger partial charge in [0.1, 0.15) is 0 Å². The molecule has 0 aromatic heterocycles. The minimum atomic E-state index is 0.0527. The Morgan fingerprint density at radius 2 is 2.16 bits per heavy atom. The summed E-state index contributed by atoms with van der Waals surface area (Å²) in [5.41, 5.74) is 0.530. The van der Waals surface area contributed by atoms with Crippen LogP contribution >= 0.6 is 23.2 Å². The quantitative estimate of drug-likeness (QED) is 0.778. The lowest BCUT2D eigenvalue weighted by Crippen LogP contribution is -2.28. The highest BCUT2D eigenvalue weighted by Crippen LogP contribution is 2.25. The van der Waals surface area contributed by atoms with Crippen molar-refractivity contribution in [1.82, 2.24) is 4.90 Å². The molecule has 1 fully saturated rings. The van der Waals surface area contributed by atoms with Gasteiger partial charge in [0.25, 0.3) is 0 Å². The minimum Gasteiger partial charge on any atom is -0.296 e. The van der Waals surface area contributed by atoms with Gasteiger partial charge in [0.05, 0.1) is 11.6 Å². The molecule has 1 aliphatic heterocycles. The first kappa shape index (κ1) is 14.8. The SMILES string of the molecule is CC(C)C1CCN(CC(=O)c2cc(Cl)ccc2Cl)C1. The lowest BCUT2D eigenvalue weighted by Gasteiger charge is -2.17. The lowest BCUT2D eigenvalue weighted by atomic mass is 9.95. The van der Waals surface area contributed by atoms with Crippen LogP contribution in [0.4, 0.5) is 0 Å². The number of carbonyl (C=O) groups is 1. The molecule has 0 aliphatic carbocycles. The van der Waals surface area contributed by atoms with Crippen molar-refractivity contribution in [3.8, 4) is 0 Å². The van der Waals surface area contributed by atoms with Gasteiger partial charge in [-0.1, -0.05) is 37.0 Å². The van der Waals surface area contributed by atoms with Gasteiger partial charge in [-0.3, -0.25) is 9.69 Å². The summed E-state index contributed by atoms with van der Waals surface area (Å²) in [6.45, 7) is 6.91. The van der Waals surface area contributed by atoms with Gasteiger partial charge in [-0.2, -0.15) is 0 Å². The Hall–Kier alpha value is -0.570. The van der Waals surface area contributed by atoms with E-state index in [1.165, 1.54) is 6.42 Å². The summed E-state index contributed by atoms with van der Waals surface area (Å²) in [6, 6.07) is 5.03. The molecule has 1 saturated heterocycles. The first-order chi connectivity index (χ1) is 8.97. The molecule has 1 heterocycles. The smallest absolute Gasteiger partial charge is 0.178 e. The molecule has 1 aromatic carbocycles. The van der Waals surface area contributed by atoms with Crippen molar-refractivity contribution in [3.05, 3.63) is 33.8 Å². The number of benzene rings is 1. The van der Waals surface area contributed by atoms with Crippen LogP contribution < -0.4 is 0 Å². The molecule has 0 saturated carbocycles. The zero-order valence-corrected chi connectivity index (χ0v) is 12.8. The fourth-order valence-corrected chi connectivity index (χ4v) is 2.94. The molecule has 0 N–H and O–H groups in total. The number of hydrogen-bond donors (Lipinski definition) is 0. The summed E-state index contributed by atoms with van der Waals surface area (Å²) >= 11 is 12.0. The highest BCUT2D eigenvalue weighted by atomic mass is 35.5. The topological polar surface area (TPSA) is 20.3 Å². The van der Waals surface area contributed by atoms with Gasteiger partial charge in [0.15, 0.2) is 5.78 Å². The summed E-state index contributed by atoms with van der Waals surface area (Å²) in [4.78, 5) is 14.5. The second kappa shape index (κ2) is 6.25. The molecule has 1 atom stereocenters. The first-order valence-electron chi connectivity index (χ1n) is 6.68. The summed E-state index contributed by atoms with van der Waals surface area (Å²) in [5, 5.41) is 1.03. The third-order valence-corrected chi connectivity index (χ3v) is 4.41. The van der Waals surface area contributed by atoms with E-state index < -0.39 is 0 Å². The fraction of sp³-hybridized carbons (Fsp3) is 0.533. The molecular formula is C15H19Cl2NO. The van der Waals surface area contributed by atoms with Gasteiger partial charge in [-0.05, 0) is 43.0 Å². The Morgan fingerprint density at radius 3 is 2.79 bits per heavy atom. The molecule has 1 aromatic rings. The minimum absolute atomic E-state index is 0.0527. The normalized spacial score (nSPS) is 20.2. The van der Waals surface area contributed by atoms with Crippen LogP contribution in [0.25, 0.3) is 0 Å². The first-order valence-corrected chi connectivity index (χ1v) is 7.43. The Kier molecular flexibility index (Phi) is 4.88. The van der Waals surface area contributed by atoms with Crippen molar-refractivity contribution >= 4 is 29.0 Å². The number of rotatable bonds is 4. The Balaban J connectivity index is 2.00. The van der Waals surface area contributed by atoms with E-state index in [0.717, 1.165) is 13.1 Å². The summed E-state index contributed by atoms with van der Waals surface area (Å²) in [7, 11) is 0. The van der Waals surface area contributed by atoms with Crippen LogP contribution in [0, 0.1) is 11.8 Å². The van der Waals surface area contributed by atoms with Crippen LogP contribution in [0.1, 0.15) is 30.6 Å². The van der Waals surface area contributed by atoms with E-state index in [9.17, 15) is 4.79 Å². The van der Waals surface area contributed by atoms with Gasteiger partial charge >= 0.3 is 0 Å². The van der Waals surface area contributed by atoms with Gasteiger partial charge in [-0.15, -0.1) is 0 Å². The van der Waals surface area contributed by atoms with Crippen molar-refractivity contribution < 1.29 is 4.79 Å². The maximum atomic E-state index is 12.3. The van der Waals surface area contributed by atoms with E-state index in [1.807, 2.05) is 0 Å². The number of hydrogen-bond acceptors (Lipinski definition) is 2. The Morgan fingerprint density at radius 1 is 1.42 bits per heavy atom. The number of halogens is 2. The third-order valence-electron chi connectivity index (χ3n) is 3.85. The number of Topliss-reactive ketones (excluding diaryl/α,β-unsaturated/α-hetero) is 1. The largest absolute Gasteiger partial charge is 0.296 e. The predicted octanol–water partition coefficient (Wildman–Crippen LogP) is 4.15. The van der Waals surface area contributed by atoms with Gasteiger partial charge in [0, 0.05) is 17.1 Å². The molecule has 1 aliphatic rings. The molecule has 0 amide bonds. The van der Waals surface area contributed by atoms with E-state index in [2.05, 4.69) is 18.7 Å². The molecule has 19 heavy (non-hydrogen) atoms. The molecule has 2 nitrogen and oxygen atoms in total. The predicted molar refractivity (Wildman–Crippen MR) is 80.2 cm³/mol. The van der Waals surface area contributed by atoms with Crippen LogP contribution in [0.3, 0.4) is 0 Å².